The van der Waals surface area contributed by atoms with E-state index in [1.165, 1.54) is 5.69 Å². The van der Waals surface area contributed by atoms with Crippen LogP contribution >= 0.6 is 24.0 Å². The molecule has 0 radical (unpaired) electrons. The molecule has 0 saturated carbocycles. The minimum absolute atomic E-state index is 0. The number of nitrogens with one attached hydrogen (secondary N) is 2. The molecular weight excluding hydrogens is 497 g/mol. The van der Waals surface area contributed by atoms with Crippen LogP contribution in [-0.2, 0) is 6.54 Å². The third-order valence-electron chi connectivity index (χ3n) is 4.47. The molecule has 1 heterocycles. The first-order chi connectivity index (χ1) is 14.0. The van der Waals surface area contributed by atoms with Gasteiger partial charge in [-0.05, 0) is 51.0 Å². The number of aliphatic hydroxyl groups is 1. The normalized spacial score (nSPS) is 12.1. The largest absolute Gasteiger partial charge is 0.497 e. The summed E-state index contributed by atoms with van der Waals surface area (Å²) in [6.07, 6.45) is 0.159. The number of benzene rings is 1. The first-order valence-corrected chi connectivity index (χ1v) is 9.91. The summed E-state index contributed by atoms with van der Waals surface area (Å²) >= 11 is 0. The van der Waals surface area contributed by atoms with Crippen molar-refractivity contribution in [3.05, 3.63) is 41.2 Å². The zero-order valence-electron chi connectivity index (χ0n) is 18.4. The van der Waals surface area contributed by atoms with Gasteiger partial charge in [0.15, 0.2) is 5.96 Å². The molecule has 30 heavy (non-hydrogen) atoms. The molecule has 9 heteroatoms. The summed E-state index contributed by atoms with van der Waals surface area (Å²) in [6, 6.07) is 7.43. The number of hydrogen-bond donors (Lipinski definition) is 3. The van der Waals surface area contributed by atoms with Crippen LogP contribution in [0.3, 0.4) is 0 Å². The van der Waals surface area contributed by atoms with E-state index < -0.39 is 6.10 Å². The molecular formula is C21H34IN5O3. The summed E-state index contributed by atoms with van der Waals surface area (Å²) in [5.74, 6) is 1.95. The molecule has 3 N–H and O–H groups in total. The SMILES string of the molecule is CCNC(=NCC(O)c1cc(OC)cc(OC)c1)NCCCn1nc(C)cc1C.I. The van der Waals surface area contributed by atoms with Gasteiger partial charge in [-0.15, -0.1) is 24.0 Å². The molecule has 2 rings (SSSR count). The van der Waals surface area contributed by atoms with Crippen LogP contribution in [0.1, 0.15) is 36.4 Å². The van der Waals surface area contributed by atoms with Crippen LogP contribution in [-0.4, -0.2) is 54.7 Å². The number of aliphatic hydroxyl groups excluding tert-OH is 1. The maximum Gasteiger partial charge on any atom is 0.191 e. The Labute approximate surface area is 196 Å². The number of guanidine groups is 1. The molecule has 0 aliphatic rings. The summed E-state index contributed by atoms with van der Waals surface area (Å²) in [4.78, 5) is 4.51. The number of ether oxygens (including phenoxy) is 2. The summed E-state index contributed by atoms with van der Waals surface area (Å²) in [7, 11) is 3.17. The molecule has 168 valence electrons. The highest BCUT2D eigenvalue weighted by Gasteiger charge is 2.11. The van der Waals surface area contributed by atoms with Gasteiger partial charge in [0.2, 0.25) is 0 Å². The fourth-order valence-corrected chi connectivity index (χ4v) is 2.98. The molecule has 8 nitrogen and oxygen atoms in total. The summed E-state index contributed by atoms with van der Waals surface area (Å²) in [5.41, 5.74) is 2.90. The molecule has 1 unspecified atom stereocenters. The lowest BCUT2D eigenvalue weighted by molar-refractivity contribution is 0.186. The Hall–Kier alpha value is -2.01. The standard InChI is InChI=1S/C21H33N5O3.HI/c1-6-22-21(23-8-7-9-26-16(3)10-15(2)25-26)24-14-20(27)17-11-18(28-4)13-19(12-17)29-5;/h10-13,20,27H,6-9,14H2,1-5H3,(H2,22,23,24);1H. The van der Waals surface area contributed by atoms with Gasteiger partial charge in [0.1, 0.15) is 11.5 Å². The van der Waals surface area contributed by atoms with E-state index in [2.05, 4.69) is 33.7 Å². The summed E-state index contributed by atoms with van der Waals surface area (Å²) < 4.78 is 12.5. The highest BCUT2D eigenvalue weighted by Crippen LogP contribution is 2.26. The second-order valence-electron chi connectivity index (χ2n) is 6.81. The van der Waals surface area contributed by atoms with Crippen LogP contribution in [0.2, 0.25) is 0 Å². The Balaban J connectivity index is 0.00000450. The van der Waals surface area contributed by atoms with Gasteiger partial charge < -0.3 is 25.2 Å². The lowest BCUT2D eigenvalue weighted by Gasteiger charge is -2.15. The number of methoxy groups -OCH3 is 2. The van der Waals surface area contributed by atoms with E-state index >= 15 is 0 Å². The zero-order chi connectivity index (χ0) is 21.2. The zero-order valence-corrected chi connectivity index (χ0v) is 20.8. The second kappa shape index (κ2) is 13.3. The number of halogens is 1. The maximum absolute atomic E-state index is 10.5. The lowest BCUT2D eigenvalue weighted by Crippen LogP contribution is -2.38. The fraction of sp³-hybridized carbons (Fsp3) is 0.524. The van der Waals surface area contributed by atoms with Crippen molar-refractivity contribution in [2.75, 3.05) is 33.9 Å². The van der Waals surface area contributed by atoms with Crippen LogP contribution < -0.4 is 20.1 Å². The molecule has 0 amide bonds. The lowest BCUT2D eigenvalue weighted by atomic mass is 10.1. The van der Waals surface area contributed by atoms with Crippen molar-refractivity contribution >= 4 is 29.9 Å². The van der Waals surface area contributed by atoms with Crippen molar-refractivity contribution in [3.63, 3.8) is 0 Å². The molecule has 2 aromatic rings. The minimum atomic E-state index is -0.760. The van der Waals surface area contributed by atoms with E-state index in [1.807, 2.05) is 18.5 Å². The first kappa shape index (κ1) is 26.0. The monoisotopic (exact) mass is 531 g/mol. The predicted octanol–water partition coefficient (Wildman–Crippen LogP) is 2.81. The summed E-state index contributed by atoms with van der Waals surface area (Å²) in [5, 5.41) is 21.5. The number of aryl methyl sites for hydroxylation is 3. The van der Waals surface area contributed by atoms with E-state index in [-0.39, 0.29) is 30.5 Å². The number of aliphatic imine (C=N–C) groups is 1. The smallest absolute Gasteiger partial charge is 0.191 e. The molecule has 0 aliphatic carbocycles. The number of aromatic nitrogens is 2. The average Bonchev–Trinajstić information content (AvgIpc) is 3.05. The Morgan fingerprint density at radius 2 is 1.80 bits per heavy atom. The van der Waals surface area contributed by atoms with Crippen molar-refractivity contribution in [2.24, 2.45) is 4.99 Å². The van der Waals surface area contributed by atoms with Gasteiger partial charge in [-0.2, -0.15) is 5.10 Å². The van der Waals surface area contributed by atoms with Gasteiger partial charge in [0, 0.05) is 31.4 Å². The third kappa shape index (κ3) is 8.02. The fourth-order valence-electron chi connectivity index (χ4n) is 2.98. The van der Waals surface area contributed by atoms with Gasteiger partial charge in [-0.3, -0.25) is 9.67 Å². The molecule has 1 aromatic carbocycles. The minimum Gasteiger partial charge on any atom is -0.497 e. The average molecular weight is 531 g/mol. The summed E-state index contributed by atoms with van der Waals surface area (Å²) in [6.45, 7) is 8.65. The predicted molar refractivity (Wildman–Crippen MR) is 130 cm³/mol. The molecule has 0 spiro atoms. The molecule has 1 atom stereocenters. The molecule has 0 bridgehead atoms. The van der Waals surface area contributed by atoms with Gasteiger partial charge in [-0.1, -0.05) is 0 Å². The van der Waals surface area contributed by atoms with Gasteiger partial charge in [-0.25, -0.2) is 0 Å². The second-order valence-corrected chi connectivity index (χ2v) is 6.81. The van der Waals surface area contributed by atoms with Gasteiger partial charge in [0.25, 0.3) is 0 Å². The Morgan fingerprint density at radius 3 is 2.33 bits per heavy atom. The Bertz CT molecular complexity index is 788. The Morgan fingerprint density at radius 1 is 1.13 bits per heavy atom. The first-order valence-electron chi connectivity index (χ1n) is 9.91. The maximum atomic E-state index is 10.5. The van der Waals surface area contributed by atoms with Gasteiger partial charge >= 0.3 is 0 Å². The van der Waals surface area contributed by atoms with Crippen molar-refractivity contribution in [1.82, 2.24) is 20.4 Å². The van der Waals surface area contributed by atoms with E-state index in [9.17, 15) is 5.11 Å². The van der Waals surface area contributed by atoms with E-state index in [0.717, 1.165) is 31.7 Å². The van der Waals surface area contributed by atoms with Crippen LogP contribution in [0.4, 0.5) is 0 Å². The van der Waals surface area contributed by atoms with Crippen LogP contribution in [0, 0.1) is 13.8 Å². The van der Waals surface area contributed by atoms with Crippen molar-refractivity contribution in [2.45, 2.75) is 39.8 Å². The quantitative estimate of drug-likeness (QED) is 0.189. The van der Waals surface area contributed by atoms with E-state index in [0.29, 0.717) is 23.0 Å². The Kier molecular flexibility index (Phi) is 11.6. The van der Waals surface area contributed by atoms with Crippen molar-refractivity contribution < 1.29 is 14.6 Å². The molecule has 1 aromatic heterocycles. The molecule has 0 fully saturated rings. The molecule has 0 saturated heterocycles. The number of hydrogen-bond acceptors (Lipinski definition) is 5. The van der Waals surface area contributed by atoms with Crippen LogP contribution in [0.25, 0.3) is 0 Å². The van der Waals surface area contributed by atoms with Gasteiger partial charge in [0.05, 0.1) is 32.6 Å². The highest BCUT2D eigenvalue weighted by atomic mass is 127. The van der Waals surface area contributed by atoms with Crippen molar-refractivity contribution in [3.8, 4) is 11.5 Å². The van der Waals surface area contributed by atoms with Crippen LogP contribution in [0.5, 0.6) is 11.5 Å². The third-order valence-corrected chi connectivity index (χ3v) is 4.47. The molecule has 0 aliphatic heterocycles. The van der Waals surface area contributed by atoms with E-state index in [1.54, 1.807) is 32.4 Å². The topological polar surface area (TPSA) is 92.9 Å². The highest BCUT2D eigenvalue weighted by molar-refractivity contribution is 14.0. The number of nitrogens with zero attached hydrogens (tertiary/aromatic N) is 3. The van der Waals surface area contributed by atoms with Crippen molar-refractivity contribution in [1.29, 1.82) is 0 Å². The van der Waals surface area contributed by atoms with Crippen LogP contribution in [0.15, 0.2) is 29.3 Å². The number of rotatable bonds is 10. The van der Waals surface area contributed by atoms with E-state index in [4.69, 9.17) is 9.47 Å².